The van der Waals surface area contributed by atoms with Crippen molar-refractivity contribution in [2.24, 2.45) is 11.3 Å². The third-order valence-corrected chi connectivity index (χ3v) is 6.11. The molecule has 2 unspecified atom stereocenters. The summed E-state index contributed by atoms with van der Waals surface area (Å²) in [5.74, 6) is -0.0757. The number of anilines is 2. The summed E-state index contributed by atoms with van der Waals surface area (Å²) in [7, 11) is 0. The maximum Gasteiger partial charge on any atom is 0.407 e. The maximum absolute atomic E-state index is 13.7. The summed E-state index contributed by atoms with van der Waals surface area (Å²) in [6, 6.07) is 7.68. The highest BCUT2D eigenvalue weighted by atomic mass is 19.4. The van der Waals surface area contributed by atoms with E-state index in [4.69, 9.17) is 4.74 Å². The van der Waals surface area contributed by atoms with E-state index in [0.29, 0.717) is 29.6 Å². The van der Waals surface area contributed by atoms with Crippen LogP contribution < -0.4 is 16.2 Å². The van der Waals surface area contributed by atoms with E-state index in [1.54, 1.807) is 10.7 Å². The van der Waals surface area contributed by atoms with E-state index in [9.17, 15) is 23.2 Å². The van der Waals surface area contributed by atoms with Crippen LogP contribution in [-0.2, 0) is 4.74 Å². The van der Waals surface area contributed by atoms with Crippen molar-refractivity contribution in [3.05, 3.63) is 52.4 Å². The Hall–Kier alpha value is -3.36. The highest BCUT2D eigenvalue weighted by Crippen LogP contribution is 2.35. The van der Waals surface area contributed by atoms with E-state index in [2.05, 4.69) is 26.8 Å². The second-order valence-electron chi connectivity index (χ2n) is 10.2. The topological polar surface area (TPSA) is 108 Å². The summed E-state index contributed by atoms with van der Waals surface area (Å²) in [6.45, 7) is 6.56. The average molecular weight is 503 g/mol. The third kappa shape index (κ3) is 5.55. The third-order valence-electron chi connectivity index (χ3n) is 6.11. The van der Waals surface area contributed by atoms with Crippen LogP contribution in [-0.4, -0.2) is 40.7 Å². The molecule has 8 nitrogen and oxygen atoms in total. The van der Waals surface area contributed by atoms with E-state index in [-0.39, 0.29) is 47.5 Å². The van der Waals surface area contributed by atoms with Gasteiger partial charge in [-0.05, 0) is 35.6 Å². The van der Waals surface area contributed by atoms with Gasteiger partial charge in [0.2, 0.25) is 0 Å². The van der Waals surface area contributed by atoms with Gasteiger partial charge in [-0.3, -0.25) is 9.48 Å². The molecule has 0 saturated carbocycles. The van der Waals surface area contributed by atoms with Crippen LogP contribution in [0.2, 0.25) is 0 Å². The molecule has 0 bridgehead atoms. The van der Waals surface area contributed by atoms with Gasteiger partial charge < -0.3 is 20.4 Å². The monoisotopic (exact) mass is 502 g/mol. The predicted molar refractivity (Wildman–Crippen MR) is 130 cm³/mol. The maximum atomic E-state index is 13.7. The Kier molecular flexibility index (Phi) is 7.11. The molecule has 0 amide bonds. The van der Waals surface area contributed by atoms with Crippen molar-refractivity contribution in [3.63, 3.8) is 0 Å². The van der Waals surface area contributed by atoms with Gasteiger partial charge in [0.1, 0.15) is 11.4 Å². The SMILES string of the molecule is CC(C)(C)CNC(c1ccc(Nc2nn([C@H]3COCCC3C#N)c3cc[nH]c(=O)c23)cc1)C(F)(F)F. The Morgan fingerprint density at radius 2 is 1.97 bits per heavy atom. The van der Waals surface area contributed by atoms with Gasteiger partial charge in [-0.15, -0.1) is 0 Å². The fourth-order valence-corrected chi connectivity index (χ4v) is 4.28. The van der Waals surface area contributed by atoms with Crippen molar-refractivity contribution in [2.45, 2.75) is 45.5 Å². The van der Waals surface area contributed by atoms with Crippen molar-refractivity contribution in [1.29, 1.82) is 5.26 Å². The number of nitriles is 1. The van der Waals surface area contributed by atoms with Crippen molar-refractivity contribution < 1.29 is 17.9 Å². The normalized spacial score (nSPS) is 19.7. The average Bonchev–Trinajstić information content (AvgIpc) is 3.18. The first kappa shape index (κ1) is 25.7. The minimum absolute atomic E-state index is 0.0850. The molecule has 36 heavy (non-hydrogen) atoms. The molecule has 3 heterocycles. The lowest BCUT2D eigenvalue weighted by Crippen LogP contribution is -2.38. The van der Waals surface area contributed by atoms with Crippen LogP contribution in [0, 0.1) is 22.7 Å². The van der Waals surface area contributed by atoms with E-state index < -0.39 is 12.2 Å². The molecule has 2 aromatic heterocycles. The number of aromatic amines is 1. The molecule has 1 fully saturated rings. The molecule has 1 aliphatic heterocycles. The first-order chi connectivity index (χ1) is 17.0. The zero-order chi connectivity index (χ0) is 26.1. The number of halogens is 3. The summed E-state index contributed by atoms with van der Waals surface area (Å²) in [5.41, 5.74) is 0.416. The lowest BCUT2D eigenvalue weighted by molar-refractivity contribution is -0.158. The second-order valence-corrected chi connectivity index (χ2v) is 10.2. The number of rotatable bonds is 6. The summed E-state index contributed by atoms with van der Waals surface area (Å²) in [5, 5.41) is 20.1. The highest BCUT2D eigenvalue weighted by Gasteiger charge is 2.41. The Balaban J connectivity index is 1.64. The van der Waals surface area contributed by atoms with Gasteiger partial charge in [0.15, 0.2) is 5.82 Å². The summed E-state index contributed by atoms with van der Waals surface area (Å²) in [4.78, 5) is 15.3. The Bertz CT molecular complexity index is 1300. The van der Waals surface area contributed by atoms with Crippen molar-refractivity contribution in [1.82, 2.24) is 20.1 Å². The van der Waals surface area contributed by atoms with Crippen molar-refractivity contribution in [3.8, 4) is 6.07 Å². The number of hydrogen-bond acceptors (Lipinski definition) is 6. The second kappa shape index (κ2) is 9.95. The number of nitrogens with one attached hydrogen (secondary N) is 3. The molecule has 11 heteroatoms. The summed E-state index contributed by atoms with van der Waals surface area (Å²) >= 11 is 0. The summed E-state index contributed by atoms with van der Waals surface area (Å²) < 4.78 is 48.4. The molecular formula is C25H29F3N6O2. The number of hydrogen-bond donors (Lipinski definition) is 3. The molecule has 3 atom stereocenters. The number of alkyl halides is 3. The van der Waals surface area contributed by atoms with Gasteiger partial charge in [0.05, 0.1) is 30.2 Å². The zero-order valence-electron chi connectivity index (χ0n) is 20.3. The molecule has 0 aliphatic carbocycles. The number of ether oxygens (including phenoxy) is 1. The molecule has 0 spiro atoms. The Morgan fingerprint density at radius 3 is 2.61 bits per heavy atom. The van der Waals surface area contributed by atoms with Crippen LogP contribution in [0.4, 0.5) is 24.7 Å². The Morgan fingerprint density at radius 1 is 1.25 bits per heavy atom. The minimum atomic E-state index is -4.46. The quantitative estimate of drug-likeness (QED) is 0.447. The number of nitrogens with zero attached hydrogens (tertiary/aromatic N) is 3. The minimum Gasteiger partial charge on any atom is -0.379 e. The van der Waals surface area contributed by atoms with Gasteiger partial charge in [-0.2, -0.15) is 23.5 Å². The highest BCUT2D eigenvalue weighted by molar-refractivity contribution is 5.91. The largest absolute Gasteiger partial charge is 0.407 e. The van der Waals surface area contributed by atoms with Crippen molar-refractivity contribution >= 4 is 22.4 Å². The molecule has 3 aromatic rings. The molecule has 192 valence electrons. The smallest absolute Gasteiger partial charge is 0.379 e. The fraction of sp³-hybridized carbons (Fsp3) is 0.480. The molecule has 0 radical (unpaired) electrons. The standard InChI is InChI=1S/C25H29F3N6O2/c1-24(2,3)14-31-21(25(26,27)28)15-4-6-17(7-5-15)32-22-20-18(8-10-30-23(20)35)34(33-22)19-13-36-11-9-16(19)12-29/h4-8,10,16,19,21,31H,9,11,13-14H2,1-3H3,(H,30,35)(H,32,33)/t16?,19-,21?/m0/s1. The molecule has 1 saturated heterocycles. The van der Waals surface area contributed by atoms with Gasteiger partial charge >= 0.3 is 6.18 Å². The fourth-order valence-electron chi connectivity index (χ4n) is 4.28. The number of benzene rings is 1. The van der Waals surface area contributed by atoms with Gasteiger partial charge in [-0.1, -0.05) is 32.9 Å². The van der Waals surface area contributed by atoms with Crippen LogP contribution in [0.25, 0.3) is 10.9 Å². The molecule has 3 N–H and O–H groups in total. The number of aromatic nitrogens is 3. The first-order valence-electron chi connectivity index (χ1n) is 11.7. The van der Waals surface area contributed by atoms with E-state index >= 15 is 0 Å². The number of H-pyrrole nitrogens is 1. The van der Waals surface area contributed by atoms with Crippen LogP contribution in [0.1, 0.15) is 44.8 Å². The van der Waals surface area contributed by atoms with Crippen LogP contribution in [0.3, 0.4) is 0 Å². The van der Waals surface area contributed by atoms with E-state index in [1.165, 1.54) is 30.5 Å². The van der Waals surface area contributed by atoms with Crippen LogP contribution in [0.15, 0.2) is 41.3 Å². The lowest BCUT2D eigenvalue weighted by atomic mass is 9.95. The van der Waals surface area contributed by atoms with Gasteiger partial charge in [0.25, 0.3) is 5.56 Å². The predicted octanol–water partition coefficient (Wildman–Crippen LogP) is 4.81. The molecule has 1 aromatic carbocycles. The van der Waals surface area contributed by atoms with E-state index in [0.717, 1.165) is 0 Å². The van der Waals surface area contributed by atoms with Crippen LogP contribution in [0.5, 0.6) is 0 Å². The Labute approximate surface area is 206 Å². The molecule has 1 aliphatic rings. The lowest BCUT2D eigenvalue weighted by Gasteiger charge is -2.27. The molecule has 4 rings (SSSR count). The van der Waals surface area contributed by atoms with E-state index in [1.807, 2.05) is 20.8 Å². The van der Waals surface area contributed by atoms with Gasteiger partial charge in [0, 0.05) is 25.0 Å². The first-order valence-corrected chi connectivity index (χ1v) is 11.7. The van der Waals surface area contributed by atoms with Crippen LogP contribution >= 0.6 is 0 Å². The number of pyridine rings is 1. The zero-order valence-corrected chi connectivity index (χ0v) is 20.3. The van der Waals surface area contributed by atoms with Gasteiger partial charge in [-0.25, -0.2) is 0 Å². The molecular weight excluding hydrogens is 473 g/mol. The number of fused-ring (bicyclic) bond motifs is 1. The summed E-state index contributed by atoms with van der Waals surface area (Å²) in [6.07, 6.45) is -2.39. The van der Waals surface area contributed by atoms with Crippen molar-refractivity contribution in [2.75, 3.05) is 25.1 Å².